The summed E-state index contributed by atoms with van der Waals surface area (Å²) in [6, 6.07) is 0. The number of hydrogen-bond donors (Lipinski definition) is 0. The summed E-state index contributed by atoms with van der Waals surface area (Å²) in [5.74, 6) is 7.07. The van der Waals surface area contributed by atoms with Crippen molar-refractivity contribution in [1.29, 1.82) is 0 Å². The number of rotatable bonds is 12. The van der Waals surface area contributed by atoms with E-state index in [0.717, 1.165) is 29.6 Å². The van der Waals surface area contributed by atoms with E-state index in [0.29, 0.717) is 78.3 Å². The van der Waals surface area contributed by atoms with E-state index in [1.165, 1.54) is 25.7 Å². The first kappa shape index (κ1) is 75.9. The van der Waals surface area contributed by atoms with Crippen LogP contribution in [0.3, 0.4) is 0 Å². The van der Waals surface area contributed by atoms with Crippen molar-refractivity contribution in [3.05, 3.63) is 43.7 Å². The van der Waals surface area contributed by atoms with Crippen molar-refractivity contribution in [3.8, 4) is 0 Å². The van der Waals surface area contributed by atoms with Crippen LogP contribution < -0.4 is 0 Å². The van der Waals surface area contributed by atoms with Crippen LogP contribution in [0.2, 0.25) is 0 Å². The summed E-state index contributed by atoms with van der Waals surface area (Å²) in [6.45, 7) is 97.7. The molecule has 410 valence electrons. The second kappa shape index (κ2) is 29.6. The lowest BCUT2D eigenvalue weighted by molar-refractivity contribution is 0.121. The summed E-state index contributed by atoms with van der Waals surface area (Å²) in [6.07, 6.45) is 11.7. The zero-order valence-electron chi connectivity index (χ0n) is 55.0. The van der Waals surface area contributed by atoms with Gasteiger partial charge in [0.2, 0.25) is 0 Å². The first-order chi connectivity index (χ1) is 29.4. The fourth-order valence-corrected chi connectivity index (χ4v) is 7.80. The van der Waals surface area contributed by atoms with Crippen molar-refractivity contribution in [1.82, 2.24) is 0 Å². The van der Waals surface area contributed by atoms with Crippen LogP contribution in [0.1, 0.15) is 282 Å². The van der Waals surface area contributed by atoms with Gasteiger partial charge in [0.25, 0.3) is 0 Å². The molecule has 10 unspecified atom stereocenters. The van der Waals surface area contributed by atoms with Crippen molar-refractivity contribution in [2.45, 2.75) is 282 Å². The Bertz CT molecular complexity index is 1310. The zero-order valence-corrected chi connectivity index (χ0v) is 55.0. The third-order valence-corrected chi connectivity index (χ3v) is 17.5. The topological polar surface area (TPSA) is 0 Å². The third kappa shape index (κ3) is 35.2. The first-order valence-electron chi connectivity index (χ1n) is 28.0. The molecule has 0 aliphatic heterocycles. The van der Waals surface area contributed by atoms with E-state index in [-0.39, 0.29) is 5.41 Å². The minimum Gasteiger partial charge on any atom is -0.133 e. The lowest BCUT2D eigenvalue weighted by Crippen LogP contribution is -2.32. The summed E-state index contributed by atoms with van der Waals surface area (Å²) in [4.78, 5) is 0. The van der Waals surface area contributed by atoms with E-state index in [1.54, 1.807) is 0 Å². The predicted molar refractivity (Wildman–Crippen MR) is 322 cm³/mol. The highest BCUT2D eigenvalue weighted by atomic mass is 14.4. The van der Waals surface area contributed by atoms with E-state index in [1.807, 2.05) is 0 Å². The monoisotopic (exact) mass is 955 g/mol. The van der Waals surface area contributed by atoms with Gasteiger partial charge < -0.3 is 0 Å². The highest BCUT2D eigenvalue weighted by Crippen LogP contribution is 2.44. The molecule has 0 heteroatoms. The Kier molecular flexibility index (Phi) is 33.1. The molecule has 0 nitrogen and oxygen atoms in total. The molecule has 0 heterocycles. The Labute approximate surface area is 436 Å². The molecule has 0 aliphatic carbocycles. The van der Waals surface area contributed by atoms with Gasteiger partial charge in [0.1, 0.15) is 0 Å². The minimum atomic E-state index is 0.289. The van der Waals surface area contributed by atoms with Gasteiger partial charge in [0, 0.05) is 0 Å². The van der Waals surface area contributed by atoms with E-state index in [4.69, 9.17) is 0 Å². The summed E-state index contributed by atoms with van der Waals surface area (Å²) in [7, 11) is 0. The van der Waals surface area contributed by atoms with E-state index in [2.05, 4.69) is 300 Å². The summed E-state index contributed by atoms with van der Waals surface area (Å²) in [5, 5.41) is 0. The molecule has 0 fully saturated rings. The fraction of sp³-hybridized carbons (Fsp3) is 0.897. The van der Waals surface area contributed by atoms with Crippen LogP contribution in [0.4, 0.5) is 0 Å². The summed E-state index contributed by atoms with van der Waals surface area (Å²) >= 11 is 0. The summed E-state index contributed by atoms with van der Waals surface area (Å²) in [5.41, 5.74) is 6.89. The highest BCUT2D eigenvalue weighted by Gasteiger charge is 2.35. The molecular weight excluding hydrogens is 817 g/mol. The van der Waals surface area contributed by atoms with Gasteiger partial charge in [-0.1, -0.05) is 275 Å². The Morgan fingerprint density at radius 3 is 0.721 bits per heavy atom. The number of allylic oxidation sites excluding steroid dienone is 3. The fourth-order valence-electron chi connectivity index (χ4n) is 7.80. The van der Waals surface area contributed by atoms with Crippen LogP contribution in [0, 0.1) is 113 Å². The third-order valence-electron chi connectivity index (χ3n) is 17.5. The van der Waals surface area contributed by atoms with Gasteiger partial charge in [-0.05, 0) is 145 Å². The molecule has 0 aromatic heterocycles. The Morgan fingerprint density at radius 2 is 0.559 bits per heavy atom. The van der Waals surface area contributed by atoms with Crippen molar-refractivity contribution < 1.29 is 0 Å². The molecule has 0 saturated carbocycles. The highest BCUT2D eigenvalue weighted by molar-refractivity contribution is 4.97. The second-order valence-corrected chi connectivity index (χ2v) is 33.3. The van der Waals surface area contributed by atoms with Crippen molar-refractivity contribution in [3.63, 3.8) is 0 Å². The molecule has 68 heavy (non-hydrogen) atoms. The average molecular weight is 956 g/mol. The van der Waals surface area contributed by atoms with Gasteiger partial charge in [0.05, 0.1) is 0 Å². The Hall–Kier alpha value is -1.00. The molecule has 0 rings (SSSR count). The largest absolute Gasteiger partial charge is 0.133 e. The quantitative estimate of drug-likeness (QED) is 0.135. The molecule has 0 aromatic rings. The number of hydrogen-bond acceptors (Lipinski definition) is 0. The Morgan fingerprint density at radius 1 is 0.309 bits per heavy atom. The standard InChI is InChI=1S/C14H30.C14H28.C14H26.C13H28.C13H26/c1-11(13(3,4)5)9-10-12(2)14(6,7)8;1-9-12(14(6,7)8)10-11(2)13(3,4)5;1-9-10-12(14(6,7)8)11(2)13(3,4)5;1-10(12(3,4)5)9-11(2)13(6,7)8;1-9-11(13(6,7)8)10(2)12(3,4)5/h11-12H,9-10H2,1-8H3;9,11-12H,1,10H2,2-8H3;10-12H,1H2,2-8H3;10-11H,9H2,1-8H3;9-11H,1H2,2-8H3. The van der Waals surface area contributed by atoms with Gasteiger partial charge in [-0.25, -0.2) is 0 Å². The molecule has 0 N–H and O–H groups in total. The summed E-state index contributed by atoms with van der Waals surface area (Å²) < 4.78 is 0. The van der Waals surface area contributed by atoms with Crippen LogP contribution >= 0.6 is 0 Å². The van der Waals surface area contributed by atoms with E-state index >= 15 is 0 Å². The van der Waals surface area contributed by atoms with Crippen molar-refractivity contribution in [2.75, 3.05) is 0 Å². The maximum absolute atomic E-state index is 3.96. The van der Waals surface area contributed by atoms with Crippen LogP contribution in [0.5, 0.6) is 0 Å². The van der Waals surface area contributed by atoms with Gasteiger partial charge in [-0.15, -0.1) is 18.9 Å². The van der Waals surface area contributed by atoms with Crippen molar-refractivity contribution >= 4 is 0 Å². The molecular formula is C68H138. The van der Waals surface area contributed by atoms with Crippen LogP contribution in [-0.2, 0) is 0 Å². The maximum Gasteiger partial charge on any atom is -0.00783 e. The lowest BCUT2D eigenvalue weighted by atomic mass is 9.65. The van der Waals surface area contributed by atoms with Crippen molar-refractivity contribution in [2.24, 2.45) is 113 Å². The molecule has 0 amide bonds. The van der Waals surface area contributed by atoms with Gasteiger partial charge >= 0.3 is 0 Å². The zero-order chi connectivity index (χ0) is 56.4. The van der Waals surface area contributed by atoms with Gasteiger partial charge in [0.15, 0.2) is 0 Å². The van der Waals surface area contributed by atoms with E-state index < -0.39 is 0 Å². The minimum absolute atomic E-state index is 0.289. The SMILES string of the molecule is C=C=CC(C(C)C(C)(C)C)C(C)(C)C.C=CC(C(C)C(C)(C)C)C(C)(C)C.C=CC(CC(C)C(C)(C)C)C(C)(C)C.CC(CC(C)C(C)(C)C)C(C)(C)C.CC(CCC(C)C(C)(C)C)C(C)(C)C. The normalized spacial score (nSPS) is 17.8. The Balaban J connectivity index is -0.000000243. The molecule has 0 saturated heterocycles. The second-order valence-electron chi connectivity index (χ2n) is 33.3. The molecule has 0 aromatic carbocycles. The maximum atomic E-state index is 3.96. The van der Waals surface area contributed by atoms with Gasteiger partial charge in [-0.3, -0.25) is 0 Å². The van der Waals surface area contributed by atoms with Gasteiger partial charge in [-0.2, -0.15) is 0 Å². The lowest BCUT2D eigenvalue weighted by Gasteiger charge is -2.40. The smallest absolute Gasteiger partial charge is 0.00783 e. The van der Waals surface area contributed by atoms with Crippen LogP contribution in [0.15, 0.2) is 43.7 Å². The molecule has 0 bridgehead atoms. The average Bonchev–Trinajstić information content (AvgIpc) is 3.08. The molecule has 0 aliphatic rings. The molecule has 10 atom stereocenters. The van der Waals surface area contributed by atoms with Crippen LogP contribution in [0.25, 0.3) is 0 Å². The molecule has 0 spiro atoms. The van der Waals surface area contributed by atoms with Crippen LogP contribution in [-0.4, -0.2) is 0 Å². The first-order valence-corrected chi connectivity index (χ1v) is 28.0. The molecule has 0 radical (unpaired) electrons. The van der Waals surface area contributed by atoms with E-state index in [9.17, 15) is 0 Å². The predicted octanol–water partition coefficient (Wildman–Crippen LogP) is 24.0.